The minimum absolute atomic E-state index is 0.0222. The largest absolute Gasteiger partial charge is 0.495 e. The highest BCUT2D eigenvalue weighted by Crippen LogP contribution is 2.33. The zero-order valence-electron chi connectivity index (χ0n) is 12.6. The zero-order valence-corrected chi connectivity index (χ0v) is 12.6. The number of nitrogens with two attached hydrogens (primary N) is 1. The molecule has 0 bridgehead atoms. The molecule has 0 radical (unpaired) electrons. The van der Waals surface area contributed by atoms with Crippen LogP contribution in [0.4, 0.5) is 5.69 Å². The molecule has 1 atom stereocenters. The van der Waals surface area contributed by atoms with Gasteiger partial charge in [-0.1, -0.05) is 26.8 Å². The van der Waals surface area contributed by atoms with Gasteiger partial charge in [-0.3, -0.25) is 0 Å². The lowest BCUT2D eigenvalue weighted by Crippen LogP contribution is -2.38. The molecule has 0 heterocycles. The van der Waals surface area contributed by atoms with E-state index in [1.54, 1.807) is 7.11 Å². The molecule has 0 aliphatic rings. The Bertz CT molecular complexity index is 413. The summed E-state index contributed by atoms with van der Waals surface area (Å²) in [6.45, 7) is 7.10. The molecule has 4 heteroatoms. The predicted molar refractivity (Wildman–Crippen MR) is 80.0 cm³/mol. The second kappa shape index (κ2) is 6.26. The maximum atomic E-state index is 9.06. The third-order valence-corrected chi connectivity index (χ3v) is 3.20. The maximum Gasteiger partial charge on any atom is 0.142 e. The molecule has 108 valence electrons. The Labute approximate surface area is 116 Å². The average molecular weight is 266 g/mol. The number of nitrogens with zero attached hydrogens (tertiary/aromatic N) is 1. The smallest absolute Gasteiger partial charge is 0.142 e. The number of aliphatic hydroxyl groups is 1. The lowest BCUT2D eigenvalue weighted by molar-refractivity contribution is 0.267. The van der Waals surface area contributed by atoms with Gasteiger partial charge in [0, 0.05) is 19.6 Å². The summed E-state index contributed by atoms with van der Waals surface area (Å²) in [6, 6.07) is 5.94. The number of anilines is 1. The first-order valence-electron chi connectivity index (χ1n) is 6.55. The van der Waals surface area contributed by atoms with Crippen molar-refractivity contribution in [1.29, 1.82) is 0 Å². The number of aliphatic hydroxyl groups excluding tert-OH is 1. The van der Waals surface area contributed by atoms with Crippen LogP contribution >= 0.6 is 0 Å². The van der Waals surface area contributed by atoms with E-state index in [4.69, 9.17) is 15.6 Å². The Morgan fingerprint density at radius 3 is 2.47 bits per heavy atom. The van der Waals surface area contributed by atoms with Gasteiger partial charge in [0.25, 0.3) is 0 Å². The van der Waals surface area contributed by atoms with E-state index in [9.17, 15) is 0 Å². The van der Waals surface area contributed by atoms with Crippen LogP contribution in [0.2, 0.25) is 0 Å². The Morgan fingerprint density at radius 1 is 1.37 bits per heavy atom. The number of hydrogen-bond acceptors (Lipinski definition) is 4. The van der Waals surface area contributed by atoms with Crippen LogP contribution in [0.25, 0.3) is 0 Å². The van der Waals surface area contributed by atoms with Crippen LogP contribution in [0.1, 0.15) is 26.3 Å². The number of benzene rings is 1. The van der Waals surface area contributed by atoms with Gasteiger partial charge in [0.05, 0.1) is 19.4 Å². The highest BCUT2D eigenvalue weighted by molar-refractivity contribution is 5.60. The normalized spacial score (nSPS) is 13.2. The molecule has 0 amide bonds. The molecule has 0 saturated heterocycles. The number of likely N-dealkylation sites (N-methyl/N-ethyl adjacent to an activating group) is 1. The fourth-order valence-corrected chi connectivity index (χ4v) is 1.96. The second-order valence-electron chi connectivity index (χ2n) is 5.96. The number of ether oxygens (including phenoxy) is 1. The van der Waals surface area contributed by atoms with Crippen molar-refractivity contribution in [1.82, 2.24) is 0 Å². The van der Waals surface area contributed by atoms with E-state index >= 15 is 0 Å². The van der Waals surface area contributed by atoms with Crippen molar-refractivity contribution in [3.8, 4) is 5.75 Å². The molecule has 0 spiro atoms. The standard InChI is InChI=1S/C15H26N2O2/c1-15(2,3)11-6-7-14(19-5)13(8-11)17(4)9-12(16)10-18/h6-8,12,18H,9-10,16H2,1-5H3. The van der Waals surface area contributed by atoms with E-state index in [0.29, 0.717) is 6.54 Å². The molecule has 0 aliphatic heterocycles. The summed E-state index contributed by atoms with van der Waals surface area (Å²) in [6.07, 6.45) is 0. The van der Waals surface area contributed by atoms with Gasteiger partial charge in [0.15, 0.2) is 0 Å². The monoisotopic (exact) mass is 266 g/mol. The van der Waals surface area contributed by atoms with Gasteiger partial charge in [0.1, 0.15) is 5.75 Å². The zero-order chi connectivity index (χ0) is 14.6. The summed E-state index contributed by atoms with van der Waals surface area (Å²) in [4.78, 5) is 2.02. The first kappa shape index (κ1) is 15.8. The summed E-state index contributed by atoms with van der Waals surface area (Å²) in [5.74, 6) is 0.820. The Balaban J connectivity index is 3.08. The fraction of sp³-hybridized carbons (Fsp3) is 0.600. The lowest BCUT2D eigenvalue weighted by Gasteiger charge is -2.27. The lowest BCUT2D eigenvalue weighted by atomic mass is 9.86. The van der Waals surface area contributed by atoms with Crippen molar-refractivity contribution in [2.24, 2.45) is 5.73 Å². The van der Waals surface area contributed by atoms with Crippen molar-refractivity contribution in [2.75, 3.05) is 32.2 Å². The quantitative estimate of drug-likeness (QED) is 0.852. The van der Waals surface area contributed by atoms with Crippen molar-refractivity contribution in [3.05, 3.63) is 23.8 Å². The van der Waals surface area contributed by atoms with Crippen molar-refractivity contribution in [2.45, 2.75) is 32.2 Å². The van der Waals surface area contributed by atoms with Gasteiger partial charge in [0.2, 0.25) is 0 Å². The van der Waals surface area contributed by atoms with E-state index in [1.165, 1.54) is 5.56 Å². The molecule has 19 heavy (non-hydrogen) atoms. The maximum absolute atomic E-state index is 9.06. The summed E-state index contributed by atoms with van der Waals surface area (Å²) >= 11 is 0. The fourth-order valence-electron chi connectivity index (χ4n) is 1.96. The molecule has 0 saturated carbocycles. The summed E-state index contributed by atoms with van der Waals surface area (Å²) in [7, 11) is 3.62. The predicted octanol–water partition coefficient (Wildman–Crippen LogP) is 1.75. The molecular weight excluding hydrogens is 240 g/mol. The van der Waals surface area contributed by atoms with Crippen LogP contribution < -0.4 is 15.4 Å². The van der Waals surface area contributed by atoms with Crippen LogP contribution in [0.5, 0.6) is 5.75 Å². The summed E-state index contributed by atoms with van der Waals surface area (Å²) < 4.78 is 5.40. The van der Waals surface area contributed by atoms with Gasteiger partial charge < -0.3 is 20.5 Å². The van der Waals surface area contributed by atoms with Crippen LogP contribution in [0.3, 0.4) is 0 Å². The minimum Gasteiger partial charge on any atom is -0.495 e. The number of methoxy groups -OCH3 is 1. The van der Waals surface area contributed by atoms with Crippen molar-refractivity contribution in [3.63, 3.8) is 0 Å². The first-order valence-corrected chi connectivity index (χ1v) is 6.55. The van der Waals surface area contributed by atoms with Crippen molar-refractivity contribution < 1.29 is 9.84 Å². The van der Waals surface area contributed by atoms with E-state index in [-0.39, 0.29) is 18.1 Å². The Kier molecular flexibility index (Phi) is 5.20. The van der Waals surface area contributed by atoms with Crippen LogP contribution in [-0.2, 0) is 5.41 Å². The van der Waals surface area contributed by atoms with Crippen LogP contribution in [0.15, 0.2) is 18.2 Å². The second-order valence-corrected chi connectivity index (χ2v) is 5.96. The van der Waals surface area contributed by atoms with Crippen molar-refractivity contribution >= 4 is 5.69 Å². The van der Waals surface area contributed by atoms with E-state index in [2.05, 4.69) is 32.9 Å². The van der Waals surface area contributed by atoms with E-state index < -0.39 is 0 Å². The molecule has 1 rings (SSSR count). The molecule has 1 unspecified atom stereocenters. The molecule has 4 nitrogen and oxygen atoms in total. The first-order chi connectivity index (χ1) is 8.79. The highest BCUT2D eigenvalue weighted by Gasteiger charge is 2.18. The molecule has 0 aromatic heterocycles. The van der Waals surface area contributed by atoms with Gasteiger partial charge >= 0.3 is 0 Å². The topological polar surface area (TPSA) is 58.7 Å². The number of hydrogen-bond donors (Lipinski definition) is 2. The highest BCUT2D eigenvalue weighted by atomic mass is 16.5. The summed E-state index contributed by atoms with van der Waals surface area (Å²) in [5.41, 5.74) is 8.12. The van der Waals surface area contributed by atoms with Gasteiger partial charge in [-0.25, -0.2) is 0 Å². The molecule has 0 fully saturated rings. The van der Waals surface area contributed by atoms with Gasteiger partial charge in [-0.15, -0.1) is 0 Å². The Hall–Kier alpha value is -1.26. The third-order valence-electron chi connectivity index (χ3n) is 3.20. The van der Waals surface area contributed by atoms with E-state index in [0.717, 1.165) is 11.4 Å². The van der Waals surface area contributed by atoms with Crippen LogP contribution in [-0.4, -0.2) is 38.5 Å². The van der Waals surface area contributed by atoms with E-state index in [1.807, 2.05) is 18.0 Å². The van der Waals surface area contributed by atoms with Gasteiger partial charge in [-0.2, -0.15) is 0 Å². The molecule has 1 aromatic carbocycles. The van der Waals surface area contributed by atoms with Gasteiger partial charge in [-0.05, 0) is 23.1 Å². The SMILES string of the molecule is COc1ccc(C(C)(C)C)cc1N(C)CC(N)CO. The molecular formula is C15H26N2O2. The molecule has 1 aromatic rings. The molecule has 0 aliphatic carbocycles. The average Bonchev–Trinajstić information content (AvgIpc) is 2.36. The third kappa shape index (κ3) is 4.11. The summed E-state index contributed by atoms with van der Waals surface area (Å²) in [5, 5.41) is 9.06. The Morgan fingerprint density at radius 2 is 2.00 bits per heavy atom. The van der Waals surface area contributed by atoms with Crippen LogP contribution in [0, 0.1) is 0 Å². The molecule has 3 N–H and O–H groups in total. The number of rotatable bonds is 5. The minimum atomic E-state index is -0.256.